The van der Waals surface area contributed by atoms with Crippen LogP contribution in [0.2, 0.25) is 0 Å². The zero-order valence-corrected chi connectivity index (χ0v) is 16.4. The number of H-pyrrole nitrogens is 1. The molecule has 0 aliphatic carbocycles. The molecule has 9 heteroatoms. The van der Waals surface area contributed by atoms with Crippen LogP contribution in [0.1, 0.15) is 38.3 Å². The van der Waals surface area contributed by atoms with E-state index in [4.69, 9.17) is 0 Å². The minimum atomic E-state index is -0.629. The van der Waals surface area contributed by atoms with Crippen molar-refractivity contribution in [2.45, 2.75) is 32.2 Å². The lowest BCUT2D eigenvalue weighted by molar-refractivity contribution is -0.120. The summed E-state index contributed by atoms with van der Waals surface area (Å²) >= 11 is 1.58. The highest BCUT2D eigenvalue weighted by Gasteiger charge is 2.32. The van der Waals surface area contributed by atoms with Crippen molar-refractivity contribution in [3.63, 3.8) is 0 Å². The molecule has 0 saturated heterocycles. The third kappa shape index (κ3) is 3.65. The number of aromatic nitrogens is 4. The summed E-state index contributed by atoms with van der Waals surface area (Å²) in [6.07, 6.45) is 1.76. The number of aromatic amines is 1. The van der Waals surface area contributed by atoms with Gasteiger partial charge < -0.3 is 5.32 Å². The van der Waals surface area contributed by atoms with Gasteiger partial charge in [0, 0.05) is 18.3 Å². The van der Waals surface area contributed by atoms with Gasteiger partial charge in [-0.15, -0.1) is 16.4 Å². The SMILES string of the molecule is Cc1nc2c(s1)CC[C@H](NC(=O)c1n[nH]c(Cc3ccccc3)n1)C(=O)N2C. The minimum absolute atomic E-state index is 0.0365. The molecule has 2 aromatic heterocycles. The van der Waals surface area contributed by atoms with Gasteiger partial charge in [0.15, 0.2) is 0 Å². The Labute approximate surface area is 166 Å². The van der Waals surface area contributed by atoms with Crippen molar-refractivity contribution in [1.29, 1.82) is 0 Å². The minimum Gasteiger partial charge on any atom is -0.337 e. The highest BCUT2D eigenvalue weighted by molar-refractivity contribution is 7.12. The van der Waals surface area contributed by atoms with E-state index in [1.807, 2.05) is 37.3 Å². The molecular weight excluding hydrogens is 376 g/mol. The van der Waals surface area contributed by atoms with Crippen LogP contribution < -0.4 is 10.2 Å². The number of anilines is 1. The van der Waals surface area contributed by atoms with Crippen LogP contribution in [0.4, 0.5) is 5.82 Å². The second-order valence-corrected chi connectivity index (χ2v) is 8.00. The summed E-state index contributed by atoms with van der Waals surface area (Å²) in [5, 5.41) is 10.5. The van der Waals surface area contributed by atoms with E-state index in [1.165, 1.54) is 4.90 Å². The molecule has 0 bridgehead atoms. The van der Waals surface area contributed by atoms with Gasteiger partial charge in [-0.3, -0.25) is 19.6 Å². The molecule has 1 atom stereocenters. The van der Waals surface area contributed by atoms with E-state index >= 15 is 0 Å². The molecule has 3 aromatic rings. The Hall–Kier alpha value is -3.07. The average Bonchev–Trinajstić information content (AvgIpc) is 3.28. The van der Waals surface area contributed by atoms with Gasteiger partial charge in [0.05, 0.1) is 5.01 Å². The average molecular weight is 396 g/mol. The van der Waals surface area contributed by atoms with Crippen LogP contribution in [-0.2, 0) is 17.6 Å². The van der Waals surface area contributed by atoms with Crippen molar-refractivity contribution in [2.75, 3.05) is 11.9 Å². The fraction of sp³-hybridized carbons (Fsp3) is 0.316. The van der Waals surface area contributed by atoms with Crippen LogP contribution in [-0.4, -0.2) is 45.1 Å². The summed E-state index contributed by atoms with van der Waals surface area (Å²) in [5.41, 5.74) is 1.07. The summed E-state index contributed by atoms with van der Waals surface area (Å²) < 4.78 is 0. The van der Waals surface area contributed by atoms with Gasteiger partial charge in [-0.25, -0.2) is 9.97 Å². The van der Waals surface area contributed by atoms with E-state index < -0.39 is 11.9 Å². The number of hydrogen-bond acceptors (Lipinski definition) is 6. The van der Waals surface area contributed by atoms with E-state index in [0.29, 0.717) is 30.9 Å². The number of carbonyl (C=O) groups is 2. The summed E-state index contributed by atoms with van der Waals surface area (Å²) in [4.78, 5) is 36.6. The predicted molar refractivity (Wildman–Crippen MR) is 105 cm³/mol. The van der Waals surface area contributed by atoms with Crippen LogP contribution in [0.25, 0.3) is 0 Å². The lowest BCUT2D eigenvalue weighted by Crippen LogP contribution is -2.47. The number of likely N-dealkylation sites (N-methyl/N-ethyl adjacent to an activating group) is 1. The number of hydrogen-bond donors (Lipinski definition) is 2. The van der Waals surface area contributed by atoms with Crippen LogP contribution in [0.5, 0.6) is 0 Å². The summed E-state index contributed by atoms with van der Waals surface area (Å²) in [6, 6.07) is 9.17. The molecule has 0 fully saturated rings. The van der Waals surface area contributed by atoms with Crippen molar-refractivity contribution in [2.24, 2.45) is 0 Å². The molecule has 144 valence electrons. The fourth-order valence-corrected chi connectivity index (χ4v) is 4.22. The number of thiazole rings is 1. The van der Waals surface area contributed by atoms with Crippen molar-refractivity contribution in [3.05, 3.63) is 57.4 Å². The van der Waals surface area contributed by atoms with E-state index in [-0.39, 0.29) is 11.7 Å². The summed E-state index contributed by atoms with van der Waals surface area (Å²) in [6.45, 7) is 1.92. The largest absolute Gasteiger partial charge is 0.337 e. The molecule has 2 amide bonds. The maximum atomic E-state index is 12.8. The molecule has 3 heterocycles. The number of fused-ring (bicyclic) bond motifs is 1. The normalized spacial score (nSPS) is 16.6. The van der Waals surface area contributed by atoms with E-state index in [0.717, 1.165) is 15.4 Å². The van der Waals surface area contributed by atoms with E-state index in [2.05, 4.69) is 25.5 Å². The topological polar surface area (TPSA) is 104 Å². The third-order valence-corrected chi connectivity index (χ3v) is 5.66. The molecule has 0 spiro atoms. The Morgan fingerprint density at radius 2 is 2.11 bits per heavy atom. The zero-order valence-electron chi connectivity index (χ0n) is 15.6. The summed E-state index contributed by atoms with van der Waals surface area (Å²) in [7, 11) is 1.69. The number of rotatable bonds is 4. The molecule has 0 saturated carbocycles. The lowest BCUT2D eigenvalue weighted by Gasteiger charge is -2.20. The Bertz CT molecular complexity index is 1010. The van der Waals surface area contributed by atoms with Gasteiger partial charge >= 0.3 is 0 Å². The van der Waals surface area contributed by atoms with Crippen LogP contribution in [0, 0.1) is 6.92 Å². The van der Waals surface area contributed by atoms with Crippen LogP contribution in [0.3, 0.4) is 0 Å². The van der Waals surface area contributed by atoms with Crippen molar-refractivity contribution >= 4 is 29.0 Å². The number of carbonyl (C=O) groups excluding carboxylic acids is 2. The molecule has 1 aliphatic rings. The first-order valence-electron chi connectivity index (χ1n) is 9.01. The lowest BCUT2D eigenvalue weighted by atomic mass is 10.1. The second kappa shape index (κ2) is 7.51. The number of benzene rings is 1. The molecule has 4 rings (SSSR count). The fourth-order valence-electron chi connectivity index (χ4n) is 3.24. The predicted octanol–water partition coefficient (Wildman–Crippen LogP) is 1.87. The first-order valence-corrected chi connectivity index (χ1v) is 9.83. The van der Waals surface area contributed by atoms with Crippen LogP contribution in [0.15, 0.2) is 30.3 Å². The monoisotopic (exact) mass is 396 g/mol. The van der Waals surface area contributed by atoms with E-state index in [9.17, 15) is 9.59 Å². The molecule has 8 nitrogen and oxygen atoms in total. The molecule has 2 N–H and O–H groups in total. The van der Waals surface area contributed by atoms with Crippen molar-refractivity contribution < 1.29 is 9.59 Å². The maximum Gasteiger partial charge on any atom is 0.291 e. The van der Waals surface area contributed by atoms with Gasteiger partial charge in [0.25, 0.3) is 11.8 Å². The second-order valence-electron chi connectivity index (χ2n) is 6.71. The van der Waals surface area contributed by atoms with Crippen molar-refractivity contribution in [3.8, 4) is 0 Å². The highest BCUT2D eigenvalue weighted by atomic mass is 32.1. The molecule has 0 unspecified atom stereocenters. The van der Waals surface area contributed by atoms with Gasteiger partial charge in [-0.05, 0) is 25.3 Å². The van der Waals surface area contributed by atoms with E-state index in [1.54, 1.807) is 18.4 Å². The Kier molecular flexibility index (Phi) is 4.91. The molecule has 1 aliphatic heterocycles. The van der Waals surface area contributed by atoms with Gasteiger partial charge in [0.1, 0.15) is 17.7 Å². The molecule has 0 radical (unpaired) electrons. The Morgan fingerprint density at radius 1 is 1.32 bits per heavy atom. The number of nitrogens with zero attached hydrogens (tertiary/aromatic N) is 4. The van der Waals surface area contributed by atoms with Gasteiger partial charge in [-0.2, -0.15) is 0 Å². The first-order chi connectivity index (χ1) is 13.5. The third-order valence-electron chi connectivity index (χ3n) is 4.64. The highest BCUT2D eigenvalue weighted by Crippen LogP contribution is 2.30. The summed E-state index contributed by atoms with van der Waals surface area (Å²) in [5.74, 6) is 0.679. The zero-order chi connectivity index (χ0) is 19.7. The smallest absolute Gasteiger partial charge is 0.291 e. The van der Waals surface area contributed by atoms with Crippen LogP contribution >= 0.6 is 11.3 Å². The standard InChI is InChI=1S/C19H20N6O2S/c1-11-20-17-14(28-11)9-8-13(19(27)25(17)2)21-18(26)16-22-15(23-24-16)10-12-6-4-3-5-7-12/h3-7,13H,8-10H2,1-2H3,(H,21,26)(H,22,23,24)/t13-/m0/s1. The number of aryl methyl sites for hydroxylation is 2. The molecular formula is C19H20N6O2S. The van der Waals surface area contributed by atoms with Gasteiger partial charge in [-0.1, -0.05) is 30.3 Å². The number of amides is 2. The first kappa shape index (κ1) is 18.3. The maximum absolute atomic E-state index is 12.8. The Morgan fingerprint density at radius 3 is 2.89 bits per heavy atom. The molecule has 28 heavy (non-hydrogen) atoms. The molecule has 1 aromatic carbocycles. The quantitative estimate of drug-likeness (QED) is 0.701. The number of nitrogens with one attached hydrogen (secondary N) is 2. The van der Waals surface area contributed by atoms with Gasteiger partial charge in [0.2, 0.25) is 5.82 Å². The Balaban J connectivity index is 1.44. The van der Waals surface area contributed by atoms with Crippen molar-refractivity contribution in [1.82, 2.24) is 25.5 Å².